The zero-order chi connectivity index (χ0) is 9.42. The van der Waals surface area contributed by atoms with E-state index >= 15 is 0 Å². The maximum Gasteiger partial charge on any atom is 0.345 e. The number of aryl methyl sites for hydroxylation is 1. The van der Waals surface area contributed by atoms with Gasteiger partial charge in [0.1, 0.15) is 4.88 Å². The quantitative estimate of drug-likeness (QED) is 0.829. The van der Waals surface area contributed by atoms with Gasteiger partial charge in [-0.1, -0.05) is 6.92 Å². The topological polar surface area (TPSA) is 37.3 Å². The molecule has 2 heterocycles. The molecule has 2 nitrogen and oxygen atoms in total. The molecule has 1 N–H and O–H groups in total. The molecule has 0 saturated carbocycles. The van der Waals surface area contributed by atoms with E-state index in [2.05, 4.69) is 13.0 Å². The van der Waals surface area contributed by atoms with Crippen molar-refractivity contribution in [2.75, 3.05) is 0 Å². The molecule has 2 aromatic heterocycles. The predicted molar refractivity (Wildman–Crippen MR) is 56.0 cm³/mol. The van der Waals surface area contributed by atoms with Gasteiger partial charge in [0.25, 0.3) is 0 Å². The van der Waals surface area contributed by atoms with E-state index in [-0.39, 0.29) is 0 Å². The van der Waals surface area contributed by atoms with Crippen LogP contribution in [0.5, 0.6) is 0 Å². The third-order valence-corrected chi connectivity index (χ3v) is 4.24. The van der Waals surface area contributed by atoms with Crippen molar-refractivity contribution in [1.29, 1.82) is 0 Å². The van der Waals surface area contributed by atoms with Crippen molar-refractivity contribution in [2.24, 2.45) is 0 Å². The molecule has 0 atom stereocenters. The average molecular weight is 212 g/mol. The van der Waals surface area contributed by atoms with Crippen LogP contribution < -0.4 is 0 Å². The van der Waals surface area contributed by atoms with Crippen molar-refractivity contribution in [2.45, 2.75) is 13.3 Å². The summed E-state index contributed by atoms with van der Waals surface area (Å²) in [5.74, 6) is -0.827. The molecule has 2 aromatic rings. The maximum atomic E-state index is 10.6. The highest BCUT2D eigenvalue weighted by Crippen LogP contribution is 2.33. The Kier molecular flexibility index (Phi) is 2.09. The number of hydrogen-bond acceptors (Lipinski definition) is 3. The lowest BCUT2D eigenvalue weighted by atomic mass is 10.4. The van der Waals surface area contributed by atoms with Gasteiger partial charge in [0.05, 0.1) is 0 Å². The molecule has 0 radical (unpaired) electrons. The van der Waals surface area contributed by atoms with Crippen LogP contribution in [0, 0.1) is 0 Å². The summed E-state index contributed by atoms with van der Waals surface area (Å²) >= 11 is 3.04. The molecular formula is C9H8O2S2. The molecule has 0 unspecified atom stereocenters. The van der Waals surface area contributed by atoms with E-state index in [0.29, 0.717) is 4.88 Å². The van der Waals surface area contributed by atoms with Crippen molar-refractivity contribution in [3.63, 3.8) is 0 Å². The van der Waals surface area contributed by atoms with Crippen LogP contribution >= 0.6 is 22.7 Å². The SMILES string of the molecule is CCc1cc2sc(C(=O)O)cc2s1. The fraction of sp³-hybridized carbons (Fsp3) is 0.222. The Balaban J connectivity index is 2.54. The molecule has 0 aromatic carbocycles. The van der Waals surface area contributed by atoms with Crippen molar-refractivity contribution >= 4 is 38.0 Å². The molecule has 4 heteroatoms. The maximum absolute atomic E-state index is 10.6. The fourth-order valence-corrected chi connectivity index (χ4v) is 3.37. The van der Waals surface area contributed by atoms with E-state index in [9.17, 15) is 4.79 Å². The first kappa shape index (κ1) is 8.72. The Morgan fingerprint density at radius 3 is 2.62 bits per heavy atom. The summed E-state index contributed by atoms with van der Waals surface area (Å²) in [4.78, 5) is 12.4. The molecule has 0 saturated heterocycles. The van der Waals surface area contributed by atoms with Crippen molar-refractivity contribution in [3.8, 4) is 0 Å². The third kappa shape index (κ3) is 1.47. The lowest BCUT2D eigenvalue weighted by Crippen LogP contribution is -1.89. The summed E-state index contributed by atoms with van der Waals surface area (Å²) in [7, 11) is 0. The number of thiophene rings is 2. The summed E-state index contributed by atoms with van der Waals surface area (Å²) < 4.78 is 2.19. The van der Waals surface area contributed by atoms with Gasteiger partial charge in [-0.15, -0.1) is 22.7 Å². The summed E-state index contributed by atoms with van der Waals surface area (Å²) in [6, 6.07) is 3.84. The van der Waals surface area contributed by atoms with Crippen molar-refractivity contribution < 1.29 is 9.90 Å². The van der Waals surface area contributed by atoms with Crippen LogP contribution in [-0.4, -0.2) is 11.1 Å². The van der Waals surface area contributed by atoms with Gasteiger partial charge in [0.15, 0.2) is 0 Å². The first-order chi connectivity index (χ1) is 6.20. The summed E-state index contributed by atoms with van der Waals surface area (Å²) in [5.41, 5.74) is 0. The van der Waals surface area contributed by atoms with Crippen molar-refractivity contribution in [1.82, 2.24) is 0 Å². The fourth-order valence-electron chi connectivity index (χ4n) is 1.17. The Morgan fingerprint density at radius 2 is 2.08 bits per heavy atom. The van der Waals surface area contributed by atoms with E-state index in [0.717, 1.165) is 15.8 Å². The summed E-state index contributed by atoms with van der Waals surface area (Å²) in [6.07, 6.45) is 1.02. The Labute approximate surface area is 83.4 Å². The second-order valence-corrected chi connectivity index (χ2v) is 4.96. The molecule has 68 valence electrons. The van der Waals surface area contributed by atoms with Crippen LogP contribution in [0.4, 0.5) is 0 Å². The van der Waals surface area contributed by atoms with Gasteiger partial charge < -0.3 is 5.11 Å². The second-order valence-electron chi connectivity index (χ2n) is 2.71. The van der Waals surface area contributed by atoms with E-state index in [1.165, 1.54) is 16.2 Å². The Morgan fingerprint density at radius 1 is 1.38 bits per heavy atom. The van der Waals surface area contributed by atoms with Gasteiger partial charge in [-0.05, 0) is 18.6 Å². The minimum absolute atomic E-state index is 0.434. The zero-order valence-electron chi connectivity index (χ0n) is 7.03. The molecule has 0 aliphatic heterocycles. The highest BCUT2D eigenvalue weighted by atomic mass is 32.1. The van der Waals surface area contributed by atoms with Gasteiger partial charge in [-0.3, -0.25) is 0 Å². The van der Waals surface area contributed by atoms with Gasteiger partial charge >= 0.3 is 5.97 Å². The molecule has 2 rings (SSSR count). The first-order valence-electron chi connectivity index (χ1n) is 3.96. The molecule has 0 amide bonds. The lowest BCUT2D eigenvalue weighted by Gasteiger charge is -1.84. The van der Waals surface area contributed by atoms with Crippen LogP contribution in [-0.2, 0) is 6.42 Å². The molecule has 0 spiro atoms. The number of rotatable bonds is 2. The van der Waals surface area contributed by atoms with E-state index < -0.39 is 5.97 Å². The first-order valence-corrected chi connectivity index (χ1v) is 5.59. The number of aromatic carboxylic acids is 1. The Bertz CT molecular complexity index is 422. The van der Waals surface area contributed by atoms with Gasteiger partial charge in [0.2, 0.25) is 0 Å². The zero-order valence-corrected chi connectivity index (χ0v) is 8.67. The van der Waals surface area contributed by atoms with Crippen LogP contribution in [0.1, 0.15) is 21.5 Å². The molecular weight excluding hydrogens is 204 g/mol. The smallest absolute Gasteiger partial charge is 0.345 e. The molecule has 13 heavy (non-hydrogen) atoms. The van der Waals surface area contributed by atoms with E-state index in [4.69, 9.17) is 5.11 Å². The predicted octanol–water partition coefficient (Wildman–Crippen LogP) is 3.22. The van der Waals surface area contributed by atoms with E-state index in [1.54, 1.807) is 17.4 Å². The standard InChI is InChI=1S/C9H8O2S2/c1-2-5-3-6-7(12-5)4-8(13-6)9(10)11/h3-4H,2H2,1H3,(H,10,11). The van der Waals surface area contributed by atoms with Gasteiger partial charge in [0, 0.05) is 14.3 Å². The highest BCUT2D eigenvalue weighted by molar-refractivity contribution is 7.28. The summed E-state index contributed by atoms with van der Waals surface area (Å²) in [6.45, 7) is 2.10. The summed E-state index contributed by atoms with van der Waals surface area (Å²) in [5, 5.41) is 8.75. The van der Waals surface area contributed by atoms with E-state index in [1.807, 2.05) is 0 Å². The molecule has 0 aliphatic rings. The minimum atomic E-state index is -0.827. The molecule has 0 bridgehead atoms. The average Bonchev–Trinajstić information content (AvgIpc) is 2.58. The minimum Gasteiger partial charge on any atom is -0.477 e. The van der Waals surface area contributed by atoms with Crippen LogP contribution in [0.15, 0.2) is 12.1 Å². The molecule has 0 aliphatic carbocycles. The number of carboxylic acids is 1. The van der Waals surface area contributed by atoms with Gasteiger partial charge in [-0.25, -0.2) is 4.79 Å². The van der Waals surface area contributed by atoms with Crippen LogP contribution in [0.2, 0.25) is 0 Å². The molecule has 0 fully saturated rings. The third-order valence-electron chi connectivity index (χ3n) is 1.82. The Hall–Kier alpha value is -0.870. The van der Waals surface area contributed by atoms with Crippen LogP contribution in [0.25, 0.3) is 9.40 Å². The van der Waals surface area contributed by atoms with Crippen molar-refractivity contribution in [3.05, 3.63) is 21.9 Å². The highest BCUT2D eigenvalue weighted by Gasteiger charge is 2.10. The number of carboxylic acid groups (broad SMARTS) is 1. The number of fused-ring (bicyclic) bond motifs is 1. The monoisotopic (exact) mass is 212 g/mol. The number of hydrogen-bond donors (Lipinski definition) is 1. The van der Waals surface area contributed by atoms with Gasteiger partial charge in [-0.2, -0.15) is 0 Å². The lowest BCUT2D eigenvalue weighted by molar-refractivity contribution is 0.0702. The second kappa shape index (κ2) is 3.12. The normalized spacial score (nSPS) is 10.8. The van der Waals surface area contributed by atoms with Crippen LogP contribution in [0.3, 0.4) is 0 Å². The number of carbonyl (C=O) groups is 1. The largest absolute Gasteiger partial charge is 0.477 e.